The molecule has 0 atom stereocenters. The van der Waals surface area contributed by atoms with Crippen molar-refractivity contribution < 1.29 is 0 Å². The molecule has 0 N–H and O–H groups in total. The van der Waals surface area contributed by atoms with E-state index in [1.807, 2.05) is 0 Å². The fourth-order valence-corrected chi connectivity index (χ4v) is 10.3. The molecule has 0 aliphatic rings. The highest BCUT2D eigenvalue weighted by atomic mass is 32.1. The van der Waals surface area contributed by atoms with Gasteiger partial charge in [0.1, 0.15) is 5.01 Å². The van der Waals surface area contributed by atoms with Crippen LogP contribution in [0.2, 0.25) is 0 Å². The van der Waals surface area contributed by atoms with Crippen LogP contribution in [0.15, 0.2) is 176 Å². The number of benzene rings is 8. The first-order valence-corrected chi connectivity index (χ1v) is 20.0. The predicted molar refractivity (Wildman–Crippen MR) is 238 cm³/mol. The molecule has 57 heavy (non-hydrogen) atoms. The molecule has 0 bridgehead atoms. The van der Waals surface area contributed by atoms with Gasteiger partial charge < -0.3 is 8.97 Å². The number of hydrogen-bond acceptors (Lipinski definition) is 4. The van der Waals surface area contributed by atoms with Crippen LogP contribution in [0.3, 0.4) is 0 Å². The van der Waals surface area contributed by atoms with Crippen LogP contribution in [0.4, 0.5) is 0 Å². The summed E-state index contributed by atoms with van der Waals surface area (Å²) in [4.78, 5) is 15.8. The van der Waals surface area contributed by atoms with E-state index < -0.39 is 0 Å². The number of aromatic nitrogens is 5. The molecule has 13 rings (SSSR count). The minimum Gasteiger partial charge on any atom is -0.309 e. The number of hydrogen-bond donors (Lipinski definition) is 0. The van der Waals surface area contributed by atoms with Gasteiger partial charge in [0, 0.05) is 60.1 Å². The molecule has 0 radical (unpaired) electrons. The van der Waals surface area contributed by atoms with E-state index in [-0.39, 0.29) is 0 Å². The van der Waals surface area contributed by atoms with Gasteiger partial charge >= 0.3 is 0 Å². The third kappa shape index (κ3) is 4.36. The van der Waals surface area contributed by atoms with Crippen LogP contribution in [0.5, 0.6) is 0 Å². The molecule has 0 amide bonds. The molecular formula is C51H29N5S. The summed E-state index contributed by atoms with van der Waals surface area (Å²) >= 11 is 1.78. The van der Waals surface area contributed by atoms with Crippen molar-refractivity contribution in [3.63, 3.8) is 0 Å². The summed E-state index contributed by atoms with van der Waals surface area (Å²) in [5, 5.41) is 9.36. The Balaban J connectivity index is 1.04. The van der Waals surface area contributed by atoms with E-state index in [9.17, 15) is 0 Å². The molecule has 0 saturated heterocycles. The van der Waals surface area contributed by atoms with E-state index in [1.165, 1.54) is 64.6 Å². The second kappa shape index (κ2) is 11.6. The number of para-hydroxylation sites is 4. The Morgan fingerprint density at radius 3 is 1.89 bits per heavy atom. The van der Waals surface area contributed by atoms with E-state index in [0.717, 1.165) is 49.5 Å². The summed E-state index contributed by atoms with van der Waals surface area (Å²) in [7, 11) is 0. The Morgan fingerprint density at radius 2 is 1.04 bits per heavy atom. The highest BCUT2D eigenvalue weighted by molar-refractivity contribution is 7.22. The van der Waals surface area contributed by atoms with Crippen molar-refractivity contribution in [1.82, 2.24) is 23.9 Å². The lowest BCUT2D eigenvalue weighted by Gasteiger charge is -2.11. The molecule has 5 nitrogen and oxygen atoms in total. The maximum atomic E-state index is 5.41. The third-order valence-corrected chi connectivity index (χ3v) is 12.8. The molecule has 0 saturated carbocycles. The SMILES string of the molecule is c1ccc(-c2nc3cc4c5cc(-c6nc(-c7ccc8c(c7)c7ccccc7n8-c7ccccc7)c7ccccc7n6)ccc5n5c6ccccc6c(c3s2)c45)cc1. The molecule has 8 aromatic carbocycles. The van der Waals surface area contributed by atoms with Crippen LogP contribution in [0.1, 0.15) is 0 Å². The number of fused-ring (bicyclic) bond motifs is 12. The Bertz CT molecular complexity index is 3750. The van der Waals surface area contributed by atoms with E-state index in [0.29, 0.717) is 5.82 Å². The maximum Gasteiger partial charge on any atom is 0.160 e. The Hall–Kier alpha value is -7.41. The topological polar surface area (TPSA) is 48.0 Å². The Kier molecular flexibility index (Phi) is 6.26. The van der Waals surface area contributed by atoms with Crippen LogP contribution < -0.4 is 0 Å². The largest absolute Gasteiger partial charge is 0.309 e. The maximum absolute atomic E-state index is 5.41. The Morgan fingerprint density at radius 1 is 0.404 bits per heavy atom. The van der Waals surface area contributed by atoms with Crippen molar-refractivity contribution in [2.24, 2.45) is 0 Å². The normalized spacial score (nSPS) is 12.2. The number of nitrogens with zero attached hydrogens (tertiary/aromatic N) is 5. The number of thiazole rings is 1. The first-order valence-electron chi connectivity index (χ1n) is 19.2. The quantitative estimate of drug-likeness (QED) is 0.180. The Labute approximate surface area is 329 Å². The van der Waals surface area contributed by atoms with Gasteiger partial charge in [-0.05, 0) is 66.7 Å². The second-order valence-corrected chi connectivity index (χ2v) is 15.8. The lowest BCUT2D eigenvalue weighted by atomic mass is 10.0. The van der Waals surface area contributed by atoms with Crippen molar-refractivity contribution in [1.29, 1.82) is 0 Å². The molecule has 0 aliphatic carbocycles. The lowest BCUT2D eigenvalue weighted by Crippen LogP contribution is -1.96. The van der Waals surface area contributed by atoms with Crippen molar-refractivity contribution in [2.75, 3.05) is 0 Å². The fourth-order valence-electron chi connectivity index (χ4n) is 9.19. The first kappa shape index (κ1) is 30.9. The monoisotopic (exact) mass is 743 g/mol. The summed E-state index contributed by atoms with van der Waals surface area (Å²) in [6, 6.07) is 62.7. The van der Waals surface area contributed by atoms with Crippen molar-refractivity contribution in [3.8, 4) is 38.9 Å². The van der Waals surface area contributed by atoms with Gasteiger partial charge in [-0.25, -0.2) is 15.0 Å². The van der Waals surface area contributed by atoms with Crippen molar-refractivity contribution >= 4 is 92.4 Å². The zero-order chi connectivity index (χ0) is 37.2. The van der Waals surface area contributed by atoms with Gasteiger partial charge in [-0.3, -0.25) is 0 Å². The summed E-state index contributed by atoms with van der Waals surface area (Å²) < 4.78 is 6.01. The standard InChI is InChI=1S/C51H29N5S/c1-3-13-30(14-4-1)51-53-41-29-39-38-28-32(24-26-45(38)56-43-22-12-9-19-36(43)46(48(39)56)49(41)57-51)50-52-40-20-10-7-18-35(40)47(54-50)31-23-25-44-37(27-31)34-17-8-11-21-42(34)55(44)33-15-5-2-6-16-33/h1-29H. The fraction of sp³-hybridized carbons (Fsp3) is 0. The van der Waals surface area contributed by atoms with Crippen molar-refractivity contribution in [2.45, 2.75) is 0 Å². The van der Waals surface area contributed by atoms with Gasteiger partial charge in [0.05, 0.1) is 49.0 Å². The van der Waals surface area contributed by atoms with Crippen molar-refractivity contribution in [3.05, 3.63) is 176 Å². The van der Waals surface area contributed by atoms with Gasteiger partial charge in [-0.15, -0.1) is 11.3 Å². The minimum absolute atomic E-state index is 0.706. The molecule has 5 aromatic heterocycles. The molecule has 0 aliphatic heterocycles. The van der Waals surface area contributed by atoms with Gasteiger partial charge in [0.15, 0.2) is 5.82 Å². The smallest absolute Gasteiger partial charge is 0.160 e. The zero-order valence-electron chi connectivity index (χ0n) is 30.4. The molecule has 0 unspecified atom stereocenters. The molecule has 264 valence electrons. The molecular weight excluding hydrogens is 715 g/mol. The summed E-state index contributed by atoms with van der Waals surface area (Å²) in [5.74, 6) is 0.706. The summed E-state index contributed by atoms with van der Waals surface area (Å²) in [5.41, 5.74) is 13.2. The highest BCUT2D eigenvalue weighted by Crippen LogP contribution is 2.46. The highest BCUT2D eigenvalue weighted by Gasteiger charge is 2.23. The predicted octanol–water partition coefficient (Wildman–Crippen LogP) is 13.5. The van der Waals surface area contributed by atoms with Gasteiger partial charge in [-0.2, -0.15) is 0 Å². The average Bonchev–Trinajstić information content (AvgIpc) is 4.03. The van der Waals surface area contributed by atoms with Gasteiger partial charge in [0.2, 0.25) is 0 Å². The lowest BCUT2D eigenvalue weighted by molar-refractivity contribution is 1.18. The first-order chi connectivity index (χ1) is 28.3. The number of rotatable bonds is 4. The average molecular weight is 744 g/mol. The second-order valence-electron chi connectivity index (χ2n) is 14.8. The summed E-state index contributed by atoms with van der Waals surface area (Å²) in [6.45, 7) is 0. The van der Waals surface area contributed by atoms with E-state index in [2.05, 4.69) is 185 Å². The van der Waals surface area contributed by atoms with Gasteiger partial charge in [0.25, 0.3) is 0 Å². The van der Waals surface area contributed by atoms with E-state index in [4.69, 9.17) is 15.0 Å². The van der Waals surface area contributed by atoms with Crippen LogP contribution >= 0.6 is 11.3 Å². The molecule has 0 spiro atoms. The molecule has 0 fully saturated rings. The minimum atomic E-state index is 0.706. The molecule has 5 heterocycles. The van der Waals surface area contributed by atoms with Crippen LogP contribution in [-0.2, 0) is 0 Å². The summed E-state index contributed by atoms with van der Waals surface area (Å²) in [6.07, 6.45) is 0. The van der Waals surface area contributed by atoms with Gasteiger partial charge in [-0.1, -0.05) is 109 Å². The van der Waals surface area contributed by atoms with Crippen LogP contribution in [0, 0.1) is 0 Å². The molecule has 13 aromatic rings. The van der Waals surface area contributed by atoms with E-state index in [1.54, 1.807) is 11.3 Å². The van der Waals surface area contributed by atoms with E-state index >= 15 is 0 Å². The van der Waals surface area contributed by atoms with Crippen LogP contribution in [-0.4, -0.2) is 23.9 Å². The van der Waals surface area contributed by atoms with Crippen LogP contribution in [0.25, 0.3) is 120 Å². The third-order valence-electron chi connectivity index (χ3n) is 11.7. The zero-order valence-corrected chi connectivity index (χ0v) is 31.2. The molecule has 6 heteroatoms.